The number of ether oxygens (including phenoxy) is 1. The summed E-state index contributed by atoms with van der Waals surface area (Å²) in [4.78, 5) is 11.5. The van der Waals surface area contributed by atoms with E-state index in [1.165, 1.54) is 6.42 Å². The van der Waals surface area contributed by atoms with Crippen molar-refractivity contribution < 1.29 is 14.6 Å². The molecule has 1 aliphatic rings. The van der Waals surface area contributed by atoms with Crippen molar-refractivity contribution >= 4 is 5.97 Å². The molecule has 0 aromatic heterocycles. The normalized spacial score (nSPS) is 18.4. The van der Waals surface area contributed by atoms with Crippen LogP contribution < -0.4 is 0 Å². The first kappa shape index (κ1) is 13.1. The van der Waals surface area contributed by atoms with E-state index in [1.54, 1.807) is 6.08 Å². The zero-order valence-corrected chi connectivity index (χ0v) is 10.1. The Bertz CT molecular complexity index is 240. The van der Waals surface area contributed by atoms with E-state index in [0.29, 0.717) is 0 Å². The third-order valence-electron chi connectivity index (χ3n) is 2.93. The van der Waals surface area contributed by atoms with Crippen LogP contribution in [0.4, 0.5) is 0 Å². The van der Waals surface area contributed by atoms with Gasteiger partial charge in [0.05, 0.1) is 0 Å². The summed E-state index contributed by atoms with van der Waals surface area (Å²) in [6.07, 6.45) is 9.71. The molecule has 0 aromatic carbocycles. The third kappa shape index (κ3) is 4.69. The lowest BCUT2D eigenvalue weighted by atomic mass is 9.98. The van der Waals surface area contributed by atoms with Gasteiger partial charge in [-0.2, -0.15) is 0 Å². The van der Waals surface area contributed by atoms with Gasteiger partial charge in [-0.25, -0.2) is 4.79 Å². The van der Waals surface area contributed by atoms with Crippen LogP contribution in [0.5, 0.6) is 0 Å². The van der Waals surface area contributed by atoms with E-state index in [0.717, 1.165) is 44.9 Å². The maximum atomic E-state index is 11.5. The van der Waals surface area contributed by atoms with Gasteiger partial charge in [0.25, 0.3) is 0 Å². The van der Waals surface area contributed by atoms with Crippen molar-refractivity contribution in [3.8, 4) is 0 Å². The maximum Gasteiger partial charge on any atom is 0.373 e. The zero-order chi connectivity index (χ0) is 11.8. The molecule has 0 aromatic rings. The molecule has 16 heavy (non-hydrogen) atoms. The minimum absolute atomic E-state index is 0.0166. The van der Waals surface area contributed by atoms with Crippen molar-refractivity contribution in [2.24, 2.45) is 0 Å². The molecular formula is C13H22O3. The van der Waals surface area contributed by atoms with Gasteiger partial charge in [0.1, 0.15) is 6.10 Å². The molecule has 1 saturated carbocycles. The Balaban J connectivity index is 2.29. The highest BCUT2D eigenvalue weighted by Crippen LogP contribution is 2.21. The smallest absolute Gasteiger partial charge is 0.373 e. The number of rotatable bonds is 5. The van der Waals surface area contributed by atoms with Crippen molar-refractivity contribution in [1.82, 2.24) is 0 Å². The first-order valence-corrected chi connectivity index (χ1v) is 6.34. The minimum atomic E-state index is -0.553. The standard InChI is InChI=1S/C13H22O3/c1-2-3-5-10-12(14)13(15)16-11-8-6-4-7-9-11/h10-11,14H,2-9H2,1H3. The molecule has 0 bridgehead atoms. The second-order valence-electron chi connectivity index (χ2n) is 4.40. The monoisotopic (exact) mass is 226 g/mol. The summed E-state index contributed by atoms with van der Waals surface area (Å²) in [5.74, 6) is -0.776. The summed E-state index contributed by atoms with van der Waals surface area (Å²) in [6, 6.07) is 0. The Kier molecular flexibility index (Phi) is 5.98. The van der Waals surface area contributed by atoms with Gasteiger partial charge in [-0.15, -0.1) is 0 Å². The van der Waals surface area contributed by atoms with Crippen LogP contribution in [-0.2, 0) is 9.53 Å². The van der Waals surface area contributed by atoms with Crippen LogP contribution in [0.15, 0.2) is 11.8 Å². The summed E-state index contributed by atoms with van der Waals surface area (Å²) in [7, 11) is 0. The minimum Gasteiger partial charge on any atom is -0.502 e. The van der Waals surface area contributed by atoms with E-state index in [4.69, 9.17) is 4.74 Å². The van der Waals surface area contributed by atoms with Crippen molar-refractivity contribution in [2.75, 3.05) is 0 Å². The van der Waals surface area contributed by atoms with Crippen LogP contribution in [0.1, 0.15) is 58.3 Å². The number of allylic oxidation sites excluding steroid dienone is 1. The predicted octanol–water partition coefficient (Wildman–Crippen LogP) is 3.49. The Hall–Kier alpha value is -0.990. The molecule has 3 nitrogen and oxygen atoms in total. The highest BCUT2D eigenvalue weighted by atomic mass is 16.6. The molecule has 1 rings (SSSR count). The van der Waals surface area contributed by atoms with E-state index >= 15 is 0 Å². The quantitative estimate of drug-likeness (QED) is 0.338. The molecule has 3 heteroatoms. The third-order valence-corrected chi connectivity index (χ3v) is 2.93. The highest BCUT2D eigenvalue weighted by Gasteiger charge is 2.19. The summed E-state index contributed by atoms with van der Waals surface area (Å²) < 4.78 is 5.23. The summed E-state index contributed by atoms with van der Waals surface area (Å²) >= 11 is 0. The van der Waals surface area contributed by atoms with E-state index < -0.39 is 5.97 Å². The number of carbonyl (C=O) groups excluding carboxylic acids is 1. The number of hydrogen-bond acceptors (Lipinski definition) is 3. The molecule has 0 saturated heterocycles. The Morgan fingerprint density at radius 2 is 2.06 bits per heavy atom. The molecule has 0 aliphatic heterocycles. The lowest BCUT2D eigenvalue weighted by Gasteiger charge is -2.21. The Morgan fingerprint density at radius 1 is 1.38 bits per heavy atom. The van der Waals surface area contributed by atoms with Gasteiger partial charge in [-0.3, -0.25) is 0 Å². The van der Waals surface area contributed by atoms with Crippen molar-refractivity contribution in [2.45, 2.75) is 64.4 Å². The molecule has 0 radical (unpaired) electrons. The number of unbranched alkanes of at least 4 members (excludes halogenated alkanes) is 2. The summed E-state index contributed by atoms with van der Waals surface area (Å²) in [5, 5.41) is 9.46. The lowest BCUT2D eigenvalue weighted by Crippen LogP contribution is -2.21. The van der Waals surface area contributed by atoms with Crippen molar-refractivity contribution in [3.05, 3.63) is 11.8 Å². The molecule has 1 aliphatic carbocycles. The van der Waals surface area contributed by atoms with Crippen molar-refractivity contribution in [3.63, 3.8) is 0 Å². The van der Waals surface area contributed by atoms with E-state index in [-0.39, 0.29) is 11.9 Å². The number of aliphatic hydroxyl groups excluding tert-OH is 1. The van der Waals surface area contributed by atoms with Gasteiger partial charge in [-0.1, -0.05) is 19.8 Å². The molecule has 0 spiro atoms. The number of aliphatic hydroxyl groups is 1. The zero-order valence-electron chi connectivity index (χ0n) is 10.1. The Labute approximate surface area is 97.5 Å². The summed E-state index contributed by atoms with van der Waals surface area (Å²) in [6.45, 7) is 2.07. The average Bonchev–Trinajstić information content (AvgIpc) is 2.30. The molecule has 0 heterocycles. The molecular weight excluding hydrogens is 204 g/mol. The van der Waals surface area contributed by atoms with E-state index in [1.807, 2.05) is 0 Å². The lowest BCUT2D eigenvalue weighted by molar-refractivity contribution is -0.148. The second kappa shape index (κ2) is 7.31. The van der Waals surface area contributed by atoms with Gasteiger partial charge in [-0.05, 0) is 44.6 Å². The first-order valence-electron chi connectivity index (χ1n) is 6.34. The largest absolute Gasteiger partial charge is 0.502 e. The van der Waals surface area contributed by atoms with E-state index in [2.05, 4.69) is 6.92 Å². The average molecular weight is 226 g/mol. The molecule has 0 atom stereocenters. The van der Waals surface area contributed by atoms with E-state index in [9.17, 15) is 9.90 Å². The SMILES string of the molecule is CCCCC=C(O)C(=O)OC1CCCCC1. The number of hydrogen-bond donors (Lipinski definition) is 1. The van der Waals surface area contributed by atoms with Gasteiger partial charge in [0.15, 0.2) is 5.76 Å². The van der Waals surface area contributed by atoms with Gasteiger partial charge < -0.3 is 9.84 Å². The number of carbonyl (C=O) groups is 1. The van der Waals surface area contributed by atoms with Crippen LogP contribution in [0.3, 0.4) is 0 Å². The van der Waals surface area contributed by atoms with Crippen molar-refractivity contribution in [1.29, 1.82) is 0 Å². The molecule has 1 N–H and O–H groups in total. The van der Waals surface area contributed by atoms with Crippen LogP contribution in [0, 0.1) is 0 Å². The fraction of sp³-hybridized carbons (Fsp3) is 0.769. The maximum absolute atomic E-state index is 11.5. The fourth-order valence-corrected chi connectivity index (χ4v) is 1.92. The molecule has 0 amide bonds. The van der Waals surface area contributed by atoms with Gasteiger partial charge in [0, 0.05) is 0 Å². The van der Waals surface area contributed by atoms with Crippen LogP contribution in [0.2, 0.25) is 0 Å². The topological polar surface area (TPSA) is 46.5 Å². The second-order valence-corrected chi connectivity index (χ2v) is 4.40. The Morgan fingerprint density at radius 3 is 2.69 bits per heavy atom. The first-order chi connectivity index (χ1) is 7.74. The predicted molar refractivity (Wildman–Crippen MR) is 63.2 cm³/mol. The van der Waals surface area contributed by atoms with Gasteiger partial charge in [0.2, 0.25) is 0 Å². The highest BCUT2D eigenvalue weighted by molar-refractivity contribution is 5.85. The fourth-order valence-electron chi connectivity index (χ4n) is 1.92. The van der Waals surface area contributed by atoms with Crippen LogP contribution in [-0.4, -0.2) is 17.2 Å². The number of esters is 1. The molecule has 92 valence electrons. The van der Waals surface area contributed by atoms with Crippen LogP contribution >= 0.6 is 0 Å². The summed E-state index contributed by atoms with van der Waals surface area (Å²) in [5.41, 5.74) is 0. The molecule has 1 fully saturated rings. The van der Waals surface area contributed by atoms with Gasteiger partial charge >= 0.3 is 5.97 Å². The van der Waals surface area contributed by atoms with Crippen LogP contribution in [0.25, 0.3) is 0 Å². The molecule has 0 unspecified atom stereocenters.